The number of halogens is 2. The van der Waals surface area contributed by atoms with Gasteiger partial charge in [-0.05, 0) is 30.5 Å². The van der Waals surface area contributed by atoms with Crippen molar-refractivity contribution in [1.29, 1.82) is 0 Å². The third kappa shape index (κ3) is 6.26. The number of nitrogens with zero attached hydrogens (tertiary/aromatic N) is 4. The number of rotatable bonds is 6. The summed E-state index contributed by atoms with van der Waals surface area (Å²) < 4.78 is 14.9. The molecule has 7 heteroatoms. The first-order valence-corrected chi connectivity index (χ1v) is 8.67. The molecule has 1 aromatic heterocycles. The minimum absolute atomic E-state index is 0. The number of aryl methyl sites for hydroxylation is 1. The predicted molar refractivity (Wildman–Crippen MR) is 115 cm³/mol. The molecule has 0 aliphatic rings. The van der Waals surface area contributed by atoms with E-state index in [0.717, 1.165) is 30.3 Å². The highest BCUT2D eigenvalue weighted by atomic mass is 127. The van der Waals surface area contributed by atoms with Gasteiger partial charge >= 0.3 is 0 Å². The molecular weight excluding hydrogens is 444 g/mol. The average Bonchev–Trinajstić information content (AvgIpc) is 2.93. The van der Waals surface area contributed by atoms with Crippen LogP contribution in [0.1, 0.15) is 43.5 Å². The summed E-state index contributed by atoms with van der Waals surface area (Å²) in [4.78, 5) is 6.77. The molecule has 0 fully saturated rings. The molecule has 1 aromatic carbocycles. The van der Waals surface area contributed by atoms with Gasteiger partial charge in [-0.2, -0.15) is 5.10 Å². The second-order valence-corrected chi connectivity index (χ2v) is 6.52. The molecule has 0 aliphatic carbocycles. The van der Waals surface area contributed by atoms with Crippen molar-refractivity contribution in [2.45, 2.75) is 39.8 Å². The largest absolute Gasteiger partial charge is 0.357 e. The van der Waals surface area contributed by atoms with E-state index in [4.69, 9.17) is 0 Å². The monoisotopic (exact) mass is 473 g/mol. The molecule has 0 saturated heterocycles. The van der Waals surface area contributed by atoms with Crippen LogP contribution in [0, 0.1) is 5.82 Å². The van der Waals surface area contributed by atoms with E-state index in [1.54, 1.807) is 12.1 Å². The van der Waals surface area contributed by atoms with Crippen LogP contribution < -0.4 is 5.32 Å². The van der Waals surface area contributed by atoms with Gasteiger partial charge in [-0.15, -0.1) is 24.0 Å². The molecule has 0 spiro atoms. The van der Waals surface area contributed by atoms with Crippen LogP contribution in [0.3, 0.4) is 0 Å². The quantitative estimate of drug-likeness (QED) is 0.394. The minimum atomic E-state index is -0.227. The highest BCUT2D eigenvalue weighted by Crippen LogP contribution is 2.18. The number of nitrogens with one attached hydrogen (secondary N) is 1. The summed E-state index contributed by atoms with van der Waals surface area (Å²) >= 11 is 0. The predicted octanol–water partition coefficient (Wildman–Crippen LogP) is 3.90. The molecule has 2 aromatic rings. The summed E-state index contributed by atoms with van der Waals surface area (Å²) in [5, 5.41) is 7.88. The zero-order valence-electron chi connectivity index (χ0n) is 16.2. The normalized spacial score (nSPS) is 11.4. The molecule has 0 atom stereocenters. The molecular formula is C19H29FIN5. The van der Waals surface area contributed by atoms with Gasteiger partial charge in [-0.25, -0.2) is 9.38 Å². The Morgan fingerprint density at radius 3 is 2.54 bits per heavy atom. The van der Waals surface area contributed by atoms with Gasteiger partial charge in [-0.1, -0.05) is 26.0 Å². The molecule has 0 amide bonds. The number of benzene rings is 1. The van der Waals surface area contributed by atoms with E-state index in [2.05, 4.69) is 40.4 Å². The first kappa shape index (κ1) is 22.4. The van der Waals surface area contributed by atoms with E-state index >= 15 is 0 Å². The number of guanidine groups is 1. The van der Waals surface area contributed by atoms with Crippen LogP contribution in [-0.2, 0) is 20.1 Å². The summed E-state index contributed by atoms with van der Waals surface area (Å²) in [5.74, 6) is 0.975. The van der Waals surface area contributed by atoms with Crippen molar-refractivity contribution in [3.8, 4) is 0 Å². The second-order valence-electron chi connectivity index (χ2n) is 6.52. The Balaban J connectivity index is 0.00000338. The molecule has 0 bridgehead atoms. The zero-order valence-corrected chi connectivity index (χ0v) is 18.5. The van der Waals surface area contributed by atoms with Crippen molar-refractivity contribution in [3.63, 3.8) is 0 Å². The highest BCUT2D eigenvalue weighted by molar-refractivity contribution is 14.0. The molecule has 2 rings (SSSR count). The average molecular weight is 473 g/mol. The fraction of sp³-hybridized carbons (Fsp3) is 0.474. The summed E-state index contributed by atoms with van der Waals surface area (Å²) in [5.41, 5.74) is 3.30. The van der Waals surface area contributed by atoms with E-state index < -0.39 is 0 Å². The van der Waals surface area contributed by atoms with Crippen molar-refractivity contribution < 1.29 is 4.39 Å². The first-order chi connectivity index (χ1) is 11.9. The standard InChI is InChI=1S/C19H28FN5.HI/c1-6-21-19(22-11-15-7-9-17(20)10-8-15)24(4)12-16-13-25(5)23-18(16)14(2)3;/h7-10,13-14H,6,11-12H2,1-5H3,(H,21,22);1H. The molecule has 0 radical (unpaired) electrons. The molecule has 0 saturated carbocycles. The highest BCUT2D eigenvalue weighted by Gasteiger charge is 2.15. The van der Waals surface area contributed by atoms with Crippen LogP contribution in [0.2, 0.25) is 0 Å². The van der Waals surface area contributed by atoms with Crippen LogP contribution in [0.4, 0.5) is 4.39 Å². The maximum Gasteiger partial charge on any atom is 0.194 e. The molecule has 5 nitrogen and oxygen atoms in total. The van der Waals surface area contributed by atoms with Crippen LogP contribution >= 0.6 is 24.0 Å². The Bertz CT molecular complexity index is 709. The van der Waals surface area contributed by atoms with Crippen LogP contribution in [0.15, 0.2) is 35.5 Å². The van der Waals surface area contributed by atoms with Gasteiger partial charge in [0.2, 0.25) is 0 Å². The van der Waals surface area contributed by atoms with Crippen molar-refractivity contribution in [2.24, 2.45) is 12.0 Å². The molecule has 144 valence electrons. The van der Waals surface area contributed by atoms with Gasteiger partial charge in [0.1, 0.15) is 5.82 Å². The topological polar surface area (TPSA) is 45.5 Å². The minimum Gasteiger partial charge on any atom is -0.357 e. The smallest absolute Gasteiger partial charge is 0.194 e. The van der Waals surface area contributed by atoms with Gasteiger partial charge in [0.25, 0.3) is 0 Å². The molecule has 26 heavy (non-hydrogen) atoms. The Kier molecular flexibility index (Phi) is 9.04. The van der Waals surface area contributed by atoms with Gasteiger partial charge in [0.05, 0.1) is 12.2 Å². The molecule has 1 heterocycles. The summed E-state index contributed by atoms with van der Waals surface area (Å²) in [6.45, 7) is 8.38. The third-order valence-electron chi connectivity index (χ3n) is 3.91. The maximum absolute atomic E-state index is 13.0. The molecule has 1 N–H and O–H groups in total. The lowest BCUT2D eigenvalue weighted by atomic mass is 10.1. The number of aliphatic imine (C=N–C) groups is 1. The van der Waals surface area contributed by atoms with Crippen molar-refractivity contribution in [3.05, 3.63) is 53.1 Å². The summed E-state index contributed by atoms with van der Waals surface area (Å²) in [7, 11) is 3.96. The fourth-order valence-electron chi connectivity index (χ4n) is 2.72. The molecule has 0 aliphatic heterocycles. The number of hydrogen-bond donors (Lipinski definition) is 1. The maximum atomic E-state index is 13.0. The summed E-state index contributed by atoms with van der Waals surface area (Å²) in [6, 6.07) is 6.46. The molecule has 0 unspecified atom stereocenters. The zero-order chi connectivity index (χ0) is 18.4. The SMILES string of the molecule is CCNC(=NCc1ccc(F)cc1)N(C)Cc1cn(C)nc1C(C)C.I. The van der Waals surface area contributed by atoms with Gasteiger partial charge in [0, 0.05) is 38.9 Å². The van der Waals surface area contributed by atoms with Crippen LogP contribution in [-0.4, -0.2) is 34.2 Å². The fourth-order valence-corrected chi connectivity index (χ4v) is 2.72. The van der Waals surface area contributed by atoms with Crippen LogP contribution in [0.25, 0.3) is 0 Å². The number of aromatic nitrogens is 2. The van der Waals surface area contributed by atoms with Gasteiger partial charge < -0.3 is 10.2 Å². The Morgan fingerprint density at radius 2 is 1.96 bits per heavy atom. The van der Waals surface area contributed by atoms with Gasteiger partial charge in [-0.3, -0.25) is 4.68 Å². The Morgan fingerprint density at radius 1 is 1.31 bits per heavy atom. The van der Waals surface area contributed by atoms with Gasteiger partial charge in [0.15, 0.2) is 5.96 Å². The van der Waals surface area contributed by atoms with Crippen molar-refractivity contribution >= 4 is 29.9 Å². The summed E-state index contributed by atoms with van der Waals surface area (Å²) in [6.07, 6.45) is 2.06. The lowest BCUT2D eigenvalue weighted by Crippen LogP contribution is -2.38. The van der Waals surface area contributed by atoms with E-state index in [9.17, 15) is 4.39 Å². The van der Waals surface area contributed by atoms with Crippen molar-refractivity contribution in [1.82, 2.24) is 20.0 Å². The lowest BCUT2D eigenvalue weighted by molar-refractivity contribution is 0.473. The lowest BCUT2D eigenvalue weighted by Gasteiger charge is -2.22. The second kappa shape index (κ2) is 10.5. The Hall–Kier alpha value is -1.64. The Labute approximate surface area is 172 Å². The van der Waals surface area contributed by atoms with E-state index in [1.165, 1.54) is 17.7 Å². The first-order valence-electron chi connectivity index (χ1n) is 8.67. The van der Waals surface area contributed by atoms with Crippen molar-refractivity contribution in [2.75, 3.05) is 13.6 Å². The number of hydrogen-bond acceptors (Lipinski definition) is 2. The van der Waals surface area contributed by atoms with E-state index in [1.807, 2.05) is 25.7 Å². The van der Waals surface area contributed by atoms with Crippen LogP contribution in [0.5, 0.6) is 0 Å². The van der Waals surface area contributed by atoms with E-state index in [-0.39, 0.29) is 29.8 Å². The van der Waals surface area contributed by atoms with E-state index in [0.29, 0.717) is 12.5 Å². The third-order valence-corrected chi connectivity index (χ3v) is 3.91.